The molecule has 0 saturated heterocycles. The molecular weight excluding hydrogens is 419 g/mol. The minimum absolute atomic E-state index is 0.0553. The van der Waals surface area contributed by atoms with E-state index >= 15 is 0 Å². The monoisotopic (exact) mass is 443 g/mol. The molecule has 0 amide bonds. The molecule has 13 heteroatoms. The lowest BCUT2D eigenvalue weighted by molar-refractivity contribution is -0.115. The lowest BCUT2D eigenvalue weighted by Gasteiger charge is -2.12. The fraction of sp³-hybridized carbons (Fsp3) is 0.647. The van der Waals surface area contributed by atoms with Gasteiger partial charge in [-0.1, -0.05) is 23.9 Å². The van der Waals surface area contributed by atoms with Crippen LogP contribution >= 0.6 is 11.8 Å². The Morgan fingerprint density at radius 2 is 2.13 bits per heavy atom. The highest BCUT2D eigenvalue weighted by molar-refractivity contribution is 7.99. The van der Waals surface area contributed by atoms with Crippen molar-refractivity contribution in [2.45, 2.75) is 62.8 Å². The Balaban J connectivity index is 1.70. The van der Waals surface area contributed by atoms with Gasteiger partial charge >= 0.3 is 6.18 Å². The van der Waals surface area contributed by atoms with Crippen molar-refractivity contribution in [1.29, 1.82) is 0 Å². The van der Waals surface area contributed by atoms with E-state index in [1.165, 1.54) is 16.4 Å². The number of hydrogen-bond donors (Lipinski definition) is 2. The van der Waals surface area contributed by atoms with E-state index in [0.29, 0.717) is 29.0 Å². The van der Waals surface area contributed by atoms with Crippen LogP contribution in [0.4, 0.5) is 19.0 Å². The molecule has 0 bridgehead atoms. The second-order valence-corrected chi connectivity index (χ2v) is 8.01. The molecule has 3 heterocycles. The molecule has 0 unspecified atom stereocenters. The summed E-state index contributed by atoms with van der Waals surface area (Å²) in [5, 5.41) is 17.6. The topological polar surface area (TPSA) is 110 Å². The van der Waals surface area contributed by atoms with Crippen molar-refractivity contribution in [3.8, 4) is 0 Å². The standard InChI is InChI=1S/C17H22F3N9S/c1-3-6-30-16-23-14(21-8-17(18,19)20)12-15(24-16)29(28-26-12)11-5-4-10(7-11)13-22-9(2)25-27-13/h10-11H,3-8H2,1-2H3,(H,21,23,24)(H,22,25,27)/t10-,11-/m1/s1/i4D,5D/t4-,5-,10-,11-. The Morgan fingerprint density at radius 1 is 1.30 bits per heavy atom. The normalized spacial score (nSPS) is 25.5. The number of aromatic amines is 1. The van der Waals surface area contributed by atoms with Gasteiger partial charge < -0.3 is 5.32 Å². The van der Waals surface area contributed by atoms with E-state index in [2.05, 4.69) is 40.8 Å². The highest BCUT2D eigenvalue weighted by Crippen LogP contribution is 2.40. The number of alkyl halides is 3. The van der Waals surface area contributed by atoms with Crippen LogP contribution in [0.15, 0.2) is 5.16 Å². The molecule has 9 nitrogen and oxygen atoms in total. The highest BCUT2D eigenvalue weighted by Gasteiger charge is 2.33. The average molecular weight is 443 g/mol. The number of anilines is 1. The summed E-state index contributed by atoms with van der Waals surface area (Å²) in [7, 11) is 0. The van der Waals surface area contributed by atoms with Crippen LogP contribution in [0.5, 0.6) is 0 Å². The van der Waals surface area contributed by atoms with E-state index in [0.717, 1.165) is 6.42 Å². The number of halogens is 3. The molecule has 1 aliphatic carbocycles. The molecule has 3 aromatic rings. The van der Waals surface area contributed by atoms with Gasteiger partial charge in [-0.2, -0.15) is 18.3 Å². The third kappa shape index (κ3) is 4.50. The van der Waals surface area contributed by atoms with Gasteiger partial charge in [-0.05, 0) is 32.6 Å². The number of hydrogen-bond acceptors (Lipinski definition) is 8. The van der Waals surface area contributed by atoms with Gasteiger partial charge in [0.15, 0.2) is 28.0 Å². The molecule has 1 saturated carbocycles. The second kappa shape index (κ2) is 8.36. The summed E-state index contributed by atoms with van der Waals surface area (Å²) < 4.78 is 56.8. The summed E-state index contributed by atoms with van der Waals surface area (Å²) in [5.41, 5.74) is 0.338. The van der Waals surface area contributed by atoms with Crippen LogP contribution in [-0.4, -0.2) is 58.6 Å². The van der Waals surface area contributed by atoms with Crippen molar-refractivity contribution in [3.63, 3.8) is 0 Å². The number of aromatic nitrogens is 8. The molecule has 0 aromatic carbocycles. The number of nitrogens with one attached hydrogen (secondary N) is 2. The largest absolute Gasteiger partial charge is 0.405 e. The number of aryl methyl sites for hydroxylation is 1. The summed E-state index contributed by atoms with van der Waals surface area (Å²) in [6.07, 6.45) is -4.89. The summed E-state index contributed by atoms with van der Waals surface area (Å²) in [6, 6.07) is -0.555. The first-order valence-electron chi connectivity index (χ1n) is 10.6. The number of rotatable bonds is 7. The van der Waals surface area contributed by atoms with Gasteiger partial charge in [0.1, 0.15) is 12.4 Å². The van der Waals surface area contributed by atoms with E-state index < -0.39 is 31.6 Å². The van der Waals surface area contributed by atoms with E-state index in [1.807, 2.05) is 6.92 Å². The minimum Gasteiger partial charge on any atom is -0.359 e. The Labute approximate surface area is 177 Å². The van der Waals surface area contributed by atoms with Crippen LogP contribution in [0.2, 0.25) is 0 Å². The molecule has 1 aliphatic rings. The minimum atomic E-state index is -4.43. The molecule has 4 rings (SSSR count). The Morgan fingerprint density at radius 3 is 2.83 bits per heavy atom. The molecular formula is C17H22F3N9S. The van der Waals surface area contributed by atoms with Crippen LogP contribution in [-0.2, 0) is 0 Å². The molecule has 0 aliphatic heterocycles. The predicted molar refractivity (Wildman–Crippen MR) is 105 cm³/mol. The maximum absolute atomic E-state index is 12.8. The zero-order chi connectivity index (χ0) is 23.0. The molecule has 3 aromatic heterocycles. The Bertz CT molecular complexity index is 1090. The number of nitrogens with zero attached hydrogens (tertiary/aromatic N) is 7. The fourth-order valence-electron chi connectivity index (χ4n) is 3.18. The van der Waals surface area contributed by atoms with Gasteiger partial charge in [0.2, 0.25) is 0 Å². The zero-order valence-electron chi connectivity index (χ0n) is 18.3. The molecule has 2 N–H and O–H groups in total. The van der Waals surface area contributed by atoms with Gasteiger partial charge in [-0.15, -0.1) is 5.10 Å². The van der Waals surface area contributed by atoms with Crippen LogP contribution in [0.1, 0.15) is 58.9 Å². The van der Waals surface area contributed by atoms with Crippen molar-refractivity contribution < 1.29 is 15.9 Å². The molecule has 30 heavy (non-hydrogen) atoms. The van der Waals surface area contributed by atoms with Gasteiger partial charge in [-0.3, -0.25) is 5.10 Å². The van der Waals surface area contributed by atoms with E-state index in [-0.39, 0.29) is 22.9 Å². The molecule has 4 atom stereocenters. The van der Waals surface area contributed by atoms with E-state index in [1.54, 1.807) is 6.92 Å². The Hall–Kier alpha value is -2.44. The first-order valence-corrected chi connectivity index (χ1v) is 10.5. The quantitative estimate of drug-likeness (QED) is 0.421. The van der Waals surface area contributed by atoms with Crippen LogP contribution < -0.4 is 5.32 Å². The smallest absolute Gasteiger partial charge is 0.359 e. The fourth-order valence-corrected chi connectivity index (χ4v) is 3.87. The van der Waals surface area contributed by atoms with Crippen LogP contribution in [0.3, 0.4) is 0 Å². The SMILES string of the molecule is [2H][C@@H]1[C@@H]([2H])[C@@H](n2nnc3c(NCC(F)(F)F)nc(SCCC)nc32)C[C@@H]1c1n[nH]c(C)n1. The number of fused-ring (bicyclic) bond motifs is 1. The Kier molecular flexibility index (Phi) is 5.11. The predicted octanol–water partition coefficient (Wildman–Crippen LogP) is 3.63. The lowest BCUT2D eigenvalue weighted by Crippen LogP contribution is -2.22. The molecule has 0 radical (unpaired) electrons. The first kappa shape index (κ1) is 18.3. The highest BCUT2D eigenvalue weighted by atomic mass is 32.2. The van der Waals surface area contributed by atoms with Gasteiger partial charge in [0.25, 0.3) is 0 Å². The third-order valence-electron chi connectivity index (χ3n) is 4.52. The van der Waals surface area contributed by atoms with Gasteiger partial charge in [0, 0.05) is 14.4 Å². The maximum Gasteiger partial charge on any atom is 0.405 e. The van der Waals surface area contributed by atoms with E-state index in [4.69, 9.17) is 2.74 Å². The lowest BCUT2D eigenvalue weighted by atomic mass is 10.1. The van der Waals surface area contributed by atoms with Crippen LogP contribution in [0.25, 0.3) is 11.2 Å². The summed E-state index contributed by atoms with van der Waals surface area (Å²) in [5.74, 6) is 1.34. The molecule has 162 valence electrons. The molecule has 0 spiro atoms. The average Bonchev–Trinajstić information content (AvgIpc) is 3.42. The zero-order valence-corrected chi connectivity index (χ0v) is 17.1. The van der Waals surface area contributed by atoms with Crippen molar-refractivity contribution >= 4 is 28.7 Å². The number of H-pyrrole nitrogens is 1. The number of thioether (sulfide) groups is 1. The van der Waals surface area contributed by atoms with Crippen LogP contribution in [0, 0.1) is 6.92 Å². The third-order valence-corrected chi connectivity index (χ3v) is 5.57. The summed E-state index contributed by atoms with van der Waals surface area (Å²) >= 11 is 1.32. The van der Waals surface area contributed by atoms with Crippen molar-refractivity contribution in [2.75, 3.05) is 17.6 Å². The van der Waals surface area contributed by atoms with Crippen molar-refractivity contribution in [1.82, 2.24) is 40.1 Å². The van der Waals surface area contributed by atoms with E-state index in [9.17, 15) is 13.2 Å². The summed E-state index contributed by atoms with van der Waals surface area (Å²) in [4.78, 5) is 13.0. The molecule has 1 fully saturated rings. The summed E-state index contributed by atoms with van der Waals surface area (Å²) in [6.45, 7) is 2.46. The van der Waals surface area contributed by atoms with Crippen molar-refractivity contribution in [3.05, 3.63) is 11.6 Å². The maximum atomic E-state index is 12.8. The first-order chi connectivity index (χ1) is 15.2. The second-order valence-electron chi connectivity index (χ2n) is 6.95. The van der Waals surface area contributed by atoms with Gasteiger partial charge in [0.05, 0.1) is 6.04 Å². The van der Waals surface area contributed by atoms with Crippen molar-refractivity contribution in [2.24, 2.45) is 0 Å². The van der Waals surface area contributed by atoms with Gasteiger partial charge in [-0.25, -0.2) is 19.6 Å².